The van der Waals surface area contributed by atoms with Crippen LogP contribution in [-0.4, -0.2) is 61.6 Å². The molecular weight excluding hydrogens is 398 g/mol. The van der Waals surface area contributed by atoms with Crippen molar-refractivity contribution in [2.24, 2.45) is 0 Å². The van der Waals surface area contributed by atoms with Gasteiger partial charge in [-0.1, -0.05) is 30.3 Å². The van der Waals surface area contributed by atoms with E-state index in [-0.39, 0.29) is 6.61 Å². The minimum Gasteiger partial charge on any atom is -0.467 e. The molecule has 1 heterocycles. The highest BCUT2D eigenvalue weighted by atomic mass is 16.7. The second-order valence-corrected chi connectivity index (χ2v) is 6.62. The summed E-state index contributed by atoms with van der Waals surface area (Å²) in [5, 5.41) is 2.59. The molecule has 1 saturated heterocycles. The van der Waals surface area contributed by atoms with E-state index in [2.05, 4.69) is 5.32 Å². The zero-order valence-electron chi connectivity index (χ0n) is 17.2. The van der Waals surface area contributed by atoms with E-state index in [0.29, 0.717) is 0 Å². The van der Waals surface area contributed by atoms with Crippen LogP contribution in [0.15, 0.2) is 30.3 Å². The van der Waals surface area contributed by atoms with Crippen molar-refractivity contribution >= 4 is 23.8 Å². The molecule has 2 rings (SSSR count). The van der Waals surface area contributed by atoms with E-state index >= 15 is 0 Å². The molecule has 0 bridgehead atoms. The number of hydrogen-bond donors (Lipinski definition) is 1. The summed E-state index contributed by atoms with van der Waals surface area (Å²) in [7, 11) is 1.14. The number of hydrogen-bond acceptors (Lipinski definition) is 9. The van der Waals surface area contributed by atoms with E-state index in [1.54, 1.807) is 0 Å². The maximum Gasteiger partial charge on any atom is 0.339 e. The van der Waals surface area contributed by atoms with Crippen molar-refractivity contribution in [2.45, 2.75) is 58.0 Å². The molecule has 1 aliphatic rings. The number of esters is 3. The van der Waals surface area contributed by atoms with Crippen LogP contribution in [0.2, 0.25) is 0 Å². The number of amides is 1. The summed E-state index contributed by atoms with van der Waals surface area (Å²) in [5.74, 6) is -2.76. The number of methoxy groups -OCH3 is 1. The molecule has 30 heavy (non-hydrogen) atoms. The highest BCUT2D eigenvalue weighted by Gasteiger charge is 2.53. The topological polar surface area (TPSA) is 126 Å². The smallest absolute Gasteiger partial charge is 0.339 e. The average Bonchev–Trinajstić information content (AvgIpc) is 2.68. The van der Waals surface area contributed by atoms with Crippen LogP contribution in [0.3, 0.4) is 0 Å². The molecule has 0 radical (unpaired) electrons. The summed E-state index contributed by atoms with van der Waals surface area (Å²) < 4.78 is 26.8. The first kappa shape index (κ1) is 23.3. The first-order chi connectivity index (χ1) is 14.2. The minimum atomic E-state index is -1.44. The van der Waals surface area contributed by atoms with E-state index in [4.69, 9.17) is 23.7 Å². The molecule has 1 amide bonds. The van der Waals surface area contributed by atoms with Crippen LogP contribution in [0.4, 0.5) is 0 Å². The molecule has 0 aromatic heterocycles. The third kappa shape index (κ3) is 6.26. The van der Waals surface area contributed by atoms with Crippen molar-refractivity contribution in [2.75, 3.05) is 7.11 Å². The summed E-state index contributed by atoms with van der Waals surface area (Å²) in [6, 6.07) is 8.07. The van der Waals surface area contributed by atoms with Crippen LogP contribution in [0.25, 0.3) is 0 Å². The van der Waals surface area contributed by atoms with Crippen molar-refractivity contribution in [3.05, 3.63) is 35.9 Å². The highest BCUT2D eigenvalue weighted by Crippen LogP contribution is 2.28. The second-order valence-electron chi connectivity index (χ2n) is 6.62. The Morgan fingerprint density at radius 1 is 0.967 bits per heavy atom. The van der Waals surface area contributed by atoms with E-state index in [9.17, 15) is 19.2 Å². The molecule has 0 aliphatic carbocycles. The molecule has 10 nitrogen and oxygen atoms in total. The van der Waals surface area contributed by atoms with E-state index in [1.807, 2.05) is 30.3 Å². The van der Waals surface area contributed by atoms with Crippen LogP contribution in [-0.2, 0) is 49.5 Å². The van der Waals surface area contributed by atoms with Gasteiger partial charge in [0.2, 0.25) is 5.91 Å². The Morgan fingerprint density at radius 3 is 2.10 bits per heavy atom. The molecular formula is C20H25NO9. The summed E-state index contributed by atoms with van der Waals surface area (Å²) in [6.07, 6.45) is -5.25. The Bertz CT molecular complexity index is 767. The maximum atomic E-state index is 12.3. The lowest BCUT2D eigenvalue weighted by molar-refractivity contribution is -0.274. The van der Waals surface area contributed by atoms with E-state index in [0.717, 1.165) is 26.5 Å². The molecule has 0 spiro atoms. The van der Waals surface area contributed by atoms with Gasteiger partial charge in [-0.05, 0) is 5.56 Å². The van der Waals surface area contributed by atoms with Gasteiger partial charge in [-0.15, -0.1) is 0 Å². The van der Waals surface area contributed by atoms with Crippen LogP contribution in [0, 0.1) is 0 Å². The Kier molecular flexibility index (Phi) is 8.31. The van der Waals surface area contributed by atoms with E-state index < -0.39 is 54.5 Å². The Hall–Kier alpha value is -2.98. The molecule has 1 N–H and O–H groups in total. The molecule has 0 unspecified atom stereocenters. The van der Waals surface area contributed by atoms with Crippen molar-refractivity contribution in [1.82, 2.24) is 5.32 Å². The fourth-order valence-corrected chi connectivity index (χ4v) is 3.08. The Labute approximate surface area is 173 Å². The number of rotatable bonds is 7. The third-order valence-electron chi connectivity index (χ3n) is 4.21. The Morgan fingerprint density at radius 2 is 1.57 bits per heavy atom. The number of carbonyl (C=O) groups is 4. The zero-order valence-corrected chi connectivity index (χ0v) is 17.2. The SMILES string of the molecule is COC(=O)[C@H]1O[C@H](OCc2ccccc2)[C@H](NC(C)=O)[C@@H](OC(C)=O)[C@@H]1OC(C)=O. The van der Waals surface area contributed by atoms with Crippen molar-refractivity contribution in [3.8, 4) is 0 Å². The standard InChI is InChI=1S/C20H25NO9/c1-11(22)21-15-16(28-12(2)23)17(29-13(3)24)18(19(25)26-4)30-20(15)27-10-14-8-6-5-7-9-14/h5-9,15-18,20H,10H2,1-4H3,(H,21,22)/t15-,16-,17+,18+,20+/m1/s1. The minimum absolute atomic E-state index is 0.0838. The van der Waals surface area contributed by atoms with Gasteiger partial charge >= 0.3 is 17.9 Å². The van der Waals surface area contributed by atoms with Crippen molar-refractivity contribution in [1.29, 1.82) is 0 Å². The average molecular weight is 423 g/mol. The predicted molar refractivity (Wildman–Crippen MR) is 101 cm³/mol. The van der Waals surface area contributed by atoms with Crippen LogP contribution < -0.4 is 5.32 Å². The second kappa shape index (κ2) is 10.7. The lowest BCUT2D eigenvalue weighted by atomic mass is 9.95. The van der Waals surface area contributed by atoms with Gasteiger partial charge in [-0.25, -0.2) is 4.79 Å². The summed E-state index contributed by atoms with van der Waals surface area (Å²) in [5.41, 5.74) is 0.809. The summed E-state index contributed by atoms with van der Waals surface area (Å²) >= 11 is 0. The van der Waals surface area contributed by atoms with Gasteiger partial charge in [-0.2, -0.15) is 0 Å². The van der Waals surface area contributed by atoms with E-state index in [1.165, 1.54) is 6.92 Å². The number of ether oxygens (including phenoxy) is 5. The molecule has 1 aromatic rings. The summed E-state index contributed by atoms with van der Waals surface area (Å²) in [4.78, 5) is 47.5. The summed E-state index contributed by atoms with van der Waals surface area (Å²) in [6.45, 7) is 3.62. The van der Waals surface area contributed by atoms with Gasteiger partial charge in [0, 0.05) is 20.8 Å². The molecule has 5 atom stereocenters. The quantitative estimate of drug-likeness (QED) is 0.492. The maximum absolute atomic E-state index is 12.3. The first-order valence-corrected chi connectivity index (χ1v) is 9.23. The Balaban J connectivity index is 2.39. The molecule has 1 aliphatic heterocycles. The molecule has 164 valence electrons. The number of nitrogens with one attached hydrogen (secondary N) is 1. The van der Waals surface area contributed by atoms with Crippen molar-refractivity contribution < 1.29 is 42.9 Å². The van der Waals surface area contributed by atoms with Gasteiger partial charge in [0.1, 0.15) is 6.04 Å². The van der Waals surface area contributed by atoms with Crippen LogP contribution in [0.5, 0.6) is 0 Å². The van der Waals surface area contributed by atoms with Gasteiger partial charge in [0.05, 0.1) is 13.7 Å². The third-order valence-corrected chi connectivity index (χ3v) is 4.21. The van der Waals surface area contributed by atoms with Gasteiger partial charge in [0.25, 0.3) is 0 Å². The fourth-order valence-electron chi connectivity index (χ4n) is 3.08. The molecule has 10 heteroatoms. The lowest BCUT2D eigenvalue weighted by Gasteiger charge is -2.44. The monoisotopic (exact) mass is 423 g/mol. The predicted octanol–water partition coefficient (Wildman–Crippen LogP) is 0.469. The van der Waals surface area contributed by atoms with Gasteiger partial charge in [-0.3, -0.25) is 14.4 Å². The number of benzene rings is 1. The first-order valence-electron chi connectivity index (χ1n) is 9.23. The normalized spacial score (nSPS) is 25.7. The largest absolute Gasteiger partial charge is 0.467 e. The molecule has 1 fully saturated rings. The van der Waals surface area contributed by atoms with Gasteiger partial charge < -0.3 is 29.0 Å². The highest BCUT2D eigenvalue weighted by molar-refractivity contribution is 5.77. The van der Waals surface area contributed by atoms with Crippen LogP contribution >= 0.6 is 0 Å². The molecule has 0 saturated carbocycles. The lowest BCUT2D eigenvalue weighted by Crippen LogP contribution is -2.67. The zero-order chi connectivity index (χ0) is 22.3. The van der Waals surface area contributed by atoms with Gasteiger partial charge in [0.15, 0.2) is 24.6 Å². The van der Waals surface area contributed by atoms with Crippen molar-refractivity contribution in [3.63, 3.8) is 0 Å². The number of carbonyl (C=O) groups excluding carboxylic acids is 4. The van der Waals surface area contributed by atoms with Crippen LogP contribution in [0.1, 0.15) is 26.3 Å². The molecule has 1 aromatic carbocycles. The fraction of sp³-hybridized carbons (Fsp3) is 0.500.